The van der Waals surface area contributed by atoms with Crippen LogP contribution < -0.4 is 5.32 Å². The summed E-state index contributed by atoms with van der Waals surface area (Å²) in [5, 5.41) is 4.13. The minimum Gasteiger partial charge on any atom is -0.334 e. The molecule has 2 heterocycles. The van der Waals surface area contributed by atoms with Crippen molar-refractivity contribution in [3.8, 4) is 0 Å². The number of nitrogens with zero attached hydrogens (tertiary/aromatic N) is 3. The predicted octanol–water partition coefficient (Wildman–Crippen LogP) is 6.30. The second-order valence-electron chi connectivity index (χ2n) is 8.73. The zero-order valence-corrected chi connectivity index (χ0v) is 19.1. The summed E-state index contributed by atoms with van der Waals surface area (Å²) in [7, 11) is 0. The van der Waals surface area contributed by atoms with Crippen LogP contribution in [0.1, 0.15) is 56.2 Å². The largest absolute Gasteiger partial charge is 0.522 e. The minimum atomic E-state index is -4.58. The Morgan fingerprint density at radius 2 is 1.97 bits per heavy atom. The quantitative estimate of drug-likeness (QED) is 0.448. The summed E-state index contributed by atoms with van der Waals surface area (Å²) < 4.78 is 44.0. The van der Waals surface area contributed by atoms with E-state index in [1.165, 1.54) is 11.3 Å². The highest BCUT2D eigenvalue weighted by Crippen LogP contribution is 2.41. The molecule has 11 heteroatoms. The van der Waals surface area contributed by atoms with Crippen molar-refractivity contribution >= 4 is 44.2 Å². The lowest BCUT2D eigenvalue weighted by molar-refractivity contribution is -0.351. The lowest BCUT2D eigenvalue weighted by Crippen LogP contribution is -2.34. The van der Waals surface area contributed by atoms with Crippen LogP contribution in [0.15, 0.2) is 30.7 Å². The molecule has 2 saturated carbocycles. The molecule has 33 heavy (non-hydrogen) atoms. The van der Waals surface area contributed by atoms with Crippen LogP contribution in [0.2, 0.25) is 5.02 Å². The molecule has 2 aromatic heterocycles. The molecule has 0 atom stereocenters. The van der Waals surface area contributed by atoms with Gasteiger partial charge in [-0.15, -0.1) is 13.2 Å². The van der Waals surface area contributed by atoms with Gasteiger partial charge >= 0.3 is 6.36 Å². The number of aromatic nitrogens is 3. The van der Waals surface area contributed by atoms with E-state index < -0.39 is 12.5 Å². The highest BCUT2D eigenvalue weighted by molar-refractivity contribution is 7.22. The summed E-state index contributed by atoms with van der Waals surface area (Å²) in [4.78, 5) is 21.6. The maximum absolute atomic E-state index is 12.7. The lowest BCUT2D eigenvalue weighted by atomic mass is 9.80. The summed E-state index contributed by atoms with van der Waals surface area (Å²) in [5.41, 5.74) is 1.58. The third-order valence-electron chi connectivity index (χ3n) is 6.50. The van der Waals surface area contributed by atoms with Gasteiger partial charge in [-0.3, -0.25) is 9.53 Å². The number of rotatable bonds is 5. The maximum atomic E-state index is 12.7. The van der Waals surface area contributed by atoms with E-state index in [-0.39, 0.29) is 23.8 Å². The summed E-state index contributed by atoms with van der Waals surface area (Å²) >= 11 is 7.43. The Balaban J connectivity index is 1.12. The molecule has 2 aliphatic rings. The molecule has 5 rings (SSSR count). The summed E-state index contributed by atoms with van der Waals surface area (Å²) in [6, 6.07) is 5.71. The van der Waals surface area contributed by atoms with Gasteiger partial charge in [0.25, 0.3) is 0 Å². The van der Waals surface area contributed by atoms with Crippen molar-refractivity contribution in [3.63, 3.8) is 0 Å². The van der Waals surface area contributed by atoms with E-state index in [0.29, 0.717) is 23.0 Å². The number of anilines is 1. The van der Waals surface area contributed by atoms with E-state index in [1.807, 2.05) is 16.8 Å². The van der Waals surface area contributed by atoms with E-state index in [2.05, 4.69) is 20.0 Å². The summed E-state index contributed by atoms with van der Waals surface area (Å²) in [5.74, 6) is -0.0914. The zero-order valence-electron chi connectivity index (χ0n) is 17.5. The van der Waals surface area contributed by atoms with Gasteiger partial charge in [-0.05, 0) is 56.7 Å². The van der Waals surface area contributed by atoms with Gasteiger partial charge in [0.15, 0.2) is 5.13 Å². The fourth-order valence-corrected chi connectivity index (χ4v) is 5.67. The van der Waals surface area contributed by atoms with Gasteiger partial charge in [0.2, 0.25) is 5.91 Å². The number of amides is 1. The number of imidazole rings is 1. The van der Waals surface area contributed by atoms with E-state index >= 15 is 0 Å². The van der Waals surface area contributed by atoms with Crippen molar-refractivity contribution in [3.05, 3.63) is 41.4 Å². The van der Waals surface area contributed by atoms with Crippen LogP contribution in [0.5, 0.6) is 0 Å². The summed E-state index contributed by atoms with van der Waals surface area (Å²) in [6.45, 7) is 0. The van der Waals surface area contributed by atoms with Gasteiger partial charge in [0, 0.05) is 29.1 Å². The van der Waals surface area contributed by atoms with Crippen LogP contribution in [0, 0.1) is 5.92 Å². The van der Waals surface area contributed by atoms with Crippen LogP contribution in [-0.4, -0.2) is 32.9 Å². The van der Waals surface area contributed by atoms with Crippen molar-refractivity contribution < 1.29 is 22.7 Å². The first-order valence-corrected chi connectivity index (χ1v) is 12.1. The third-order valence-corrected chi connectivity index (χ3v) is 7.69. The first-order valence-electron chi connectivity index (χ1n) is 10.9. The molecule has 1 N–H and O–H groups in total. The van der Waals surface area contributed by atoms with E-state index in [1.54, 1.807) is 18.5 Å². The zero-order chi connectivity index (χ0) is 23.2. The molecule has 2 fully saturated rings. The lowest BCUT2D eigenvalue weighted by Gasteiger charge is -2.34. The molecule has 176 valence electrons. The normalized spacial score (nSPS) is 25.7. The number of carbonyl (C=O) groups excluding carboxylic acids is 1. The number of thiazole rings is 1. The molecule has 1 amide bonds. The maximum Gasteiger partial charge on any atom is 0.522 e. The molecule has 0 bridgehead atoms. The molecule has 0 spiro atoms. The van der Waals surface area contributed by atoms with E-state index in [9.17, 15) is 18.0 Å². The van der Waals surface area contributed by atoms with Gasteiger partial charge in [-0.1, -0.05) is 22.9 Å². The van der Waals surface area contributed by atoms with Crippen LogP contribution in [0.3, 0.4) is 0 Å². The molecule has 2 aliphatic carbocycles. The van der Waals surface area contributed by atoms with Gasteiger partial charge in [0.05, 0.1) is 28.3 Å². The molecule has 0 unspecified atom stereocenters. The van der Waals surface area contributed by atoms with Crippen molar-refractivity contribution in [2.75, 3.05) is 5.32 Å². The fraction of sp³-hybridized carbons (Fsp3) is 0.500. The van der Waals surface area contributed by atoms with Gasteiger partial charge in [-0.25, -0.2) is 9.97 Å². The van der Waals surface area contributed by atoms with Crippen molar-refractivity contribution in [2.45, 2.75) is 63.0 Å². The number of carbonyl (C=O) groups is 1. The second-order valence-corrected chi connectivity index (χ2v) is 10.2. The Morgan fingerprint density at radius 3 is 2.70 bits per heavy atom. The SMILES string of the molecule is O=C(Nc1nc2cc(Cl)ccc2s1)C1CCC(n2cnc(C3CC(OC(F)(F)F)C3)c2)CC1. The first kappa shape index (κ1) is 22.6. The standard InChI is InChI=1S/C22H22ClF3N4O2S/c23-14-3-6-19-17(9-14)28-21(33-19)29-20(31)12-1-4-15(5-2-12)30-10-18(27-11-30)13-7-16(8-13)32-22(24,25)26/h3,6,9-13,15-16H,1-2,4-5,7-8H2,(H,28,29,31). The average molecular weight is 499 g/mol. The molecule has 3 aromatic rings. The van der Waals surface area contributed by atoms with Gasteiger partial charge in [0.1, 0.15) is 0 Å². The number of fused-ring (bicyclic) bond motifs is 1. The number of hydrogen-bond donors (Lipinski definition) is 1. The highest BCUT2D eigenvalue weighted by atomic mass is 35.5. The predicted molar refractivity (Wildman–Crippen MR) is 119 cm³/mol. The van der Waals surface area contributed by atoms with Crippen LogP contribution in [-0.2, 0) is 9.53 Å². The average Bonchev–Trinajstić information content (AvgIpc) is 3.36. The van der Waals surface area contributed by atoms with Crippen LogP contribution >= 0.6 is 22.9 Å². The van der Waals surface area contributed by atoms with Gasteiger partial charge < -0.3 is 9.88 Å². The molecule has 0 radical (unpaired) electrons. The number of alkyl halides is 3. The highest BCUT2D eigenvalue weighted by Gasteiger charge is 2.41. The van der Waals surface area contributed by atoms with Crippen molar-refractivity contribution in [1.82, 2.24) is 14.5 Å². The number of hydrogen-bond acceptors (Lipinski definition) is 5. The Morgan fingerprint density at radius 1 is 1.21 bits per heavy atom. The molecule has 0 aliphatic heterocycles. The molecule has 6 nitrogen and oxygen atoms in total. The number of nitrogens with one attached hydrogen (secondary N) is 1. The van der Waals surface area contributed by atoms with E-state index in [4.69, 9.17) is 11.6 Å². The first-order chi connectivity index (χ1) is 15.7. The van der Waals surface area contributed by atoms with Crippen molar-refractivity contribution in [1.29, 1.82) is 0 Å². The molecular formula is C22H22ClF3N4O2S. The summed E-state index contributed by atoms with van der Waals surface area (Å²) in [6.07, 6.45) is 2.19. The van der Waals surface area contributed by atoms with E-state index in [0.717, 1.165) is 41.6 Å². The Hall–Kier alpha value is -2.17. The minimum absolute atomic E-state index is 0.00408. The number of benzene rings is 1. The topological polar surface area (TPSA) is 69.0 Å². The monoisotopic (exact) mass is 498 g/mol. The van der Waals surface area contributed by atoms with Gasteiger partial charge in [-0.2, -0.15) is 0 Å². The molecular weight excluding hydrogens is 477 g/mol. The van der Waals surface area contributed by atoms with Crippen molar-refractivity contribution in [2.24, 2.45) is 5.92 Å². The molecule has 1 aromatic carbocycles. The Kier molecular flexibility index (Phi) is 6.09. The number of halogens is 4. The smallest absolute Gasteiger partial charge is 0.334 e. The molecule has 0 saturated heterocycles. The van der Waals surface area contributed by atoms with Crippen LogP contribution in [0.4, 0.5) is 18.3 Å². The second kappa shape index (κ2) is 8.88. The Labute approximate surface area is 197 Å². The fourth-order valence-electron chi connectivity index (χ4n) is 4.65. The van der Waals surface area contributed by atoms with Crippen LogP contribution in [0.25, 0.3) is 10.2 Å². The number of ether oxygens (including phenoxy) is 1. The Bertz CT molecular complexity index is 1150. The third kappa shape index (κ3) is 5.17.